The summed E-state index contributed by atoms with van der Waals surface area (Å²) in [5.74, 6) is 1.24. The summed E-state index contributed by atoms with van der Waals surface area (Å²) in [5, 5.41) is 15.9. The summed E-state index contributed by atoms with van der Waals surface area (Å²) in [6, 6.07) is 5.75. The Labute approximate surface area is 219 Å². The molecule has 0 radical (unpaired) electrons. The Bertz CT molecular complexity index is 1110. The number of carbonyl (C=O) groups excluding carboxylic acids is 1. The van der Waals surface area contributed by atoms with Gasteiger partial charge in [0.15, 0.2) is 0 Å². The average Bonchev–Trinajstić information content (AvgIpc) is 3.13. The van der Waals surface area contributed by atoms with E-state index in [0.29, 0.717) is 30.2 Å². The Morgan fingerprint density at radius 2 is 2.06 bits per heavy atom. The fourth-order valence-corrected chi connectivity index (χ4v) is 5.56. The third kappa shape index (κ3) is 5.94. The predicted molar refractivity (Wildman–Crippen MR) is 122 cm³/mol. The number of carboxylic acids is 1. The van der Waals surface area contributed by atoms with E-state index in [4.69, 9.17) is 26.3 Å². The van der Waals surface area contributed by atoms with E-state index < -0.39 is 5.97 Å². The predicted octanol–water partition coefficient (Wildman–Crippen LogP) is 1.31. The van der Waals surface area contributed by atoms with Crippen molar-refractivity contribution >= 4 is 44.9 Å². The first kappa shape index (κ1) is 25.2. The van der Waals surface area contributed by atoms with E-state index in [1.54, 1.807) is 18.4 Å². The molecule has 1 aliphatic carbocycles. The first-order valence-electron chi connectivity index (χ1n) is 10.6. The Hall–Kier alpha value is -1.38. The molecule has 0 bridgehead atoms. The van der Waals surface area contributed by atoms with E-state index in [1.165, 1.54) is 23.3 Å². The van der Waals surface area contributed by atoms with Crippen molar-refractivity contribution in [3.8, 4) is 5.75 Å². The molecule has 0 aliphatic heterocycles. The van der Waals surface area contributed by atoms with E-state index in [2.05, 4.69) is 5.32 Å². The van der Waals surface area contributed by atoms with Gasteiger partial charge in [0.1, 0.15) is 22.2 Å². The van der Waals surface area contributed by atoms with E-state index >= 15 is 0 Å². The number of thiophene rings is 1. The molecule has 1 aliphatic rings. The molecule has 2 heterocycles. The van der Waals surface area contributed by atoms with Crippen LogP contribution in [-0.2, 0) is 30.6 Å². The molecule has 0 fully saturated rings. The van der Waals surface area contributed by atoms with Crippen LogP contribution in [0.2, 0.25) is 5.02 Å². The topological polar surface area (TPSA) is 87.2 Å². The van der Waals surface area contributed by atoms with Gasteiger partial charge in [0, 0.05) is 23.8 Å². The van der Waals surface area contributed by atoms with Crippen LogP contribution in [0.3, 0.4) is 0 Å². The van der Waals surface area contributed by atoms with E-state index in [1.807, 2.05) is 18.2 Å². The largest absolute Gasteiger partial charge is 1.00 e. The molecule has 1 aromatic carbocycles. The van der Waals surface area contributed by atoms with Gasteiger partial charge in [-0.25, -0.2) is 9.97 Å². The van der Waals surface area contributed by atoms with Gasteiger partial charge in [0.2, 0.25) is 0 Å². The molecule has 0 spiro atoms. The minimum atomic E-state index is -1.01. The third-order valence-corrected chi connectivity index (χ3v) is 7.05. The van der Waals surface area contributed by atoms with Crippen LogP contribution in [0, 0.1) is 0 Å². The first-order chi connectivity index (χ1) is 15.0. The number of carboxylic acid groups (broad SMARTS) is 1. The van der Waals surface area contributed by atoms with Crippen LogP contribution < -0.4 is 44.7 Å². The fraction of sp³-hybridized carbons (Fsp3) is 0.435. The summed E-state index contributed by atoms with van der Waals surface area (Å²) in [5.41, 5.74) is 2.42. The number of aliphatic carboxylic acids is 1. The molecule has 0 unspecified atom stereocenters. The van der Waals surface area contributed by atoms with E-state index in [-0.39, 0.29) is 36.0 Å². The second kappa shape index (κ2) is 11.7. The van der Waals surface area contributed by atoms with Gasteiger partial charge in [-0.05, 0) is 68.2 Å². The molecule has 9 heteroatoms. The van der Waals surface area contributed by atoms with Crippen LogP contribution in [0.25, 0.3) is 10.2 Å². The standard InChI is InChI=1S/C23H26ClN3O3S.Na/c1-30-17-11-10-14(12-16(17)24)13-25-22-21-15-6-2-3-7-18(15)31-23(21)27-19(26-22)8-4-5-9-20(28)29;/h10-12H,2-9,13H2,1H3,(H,28,29)(H,25,26,27);/q;+1/p-1. The molecule has 1 N–H and O–H groups in total. The van der Waals surface area contributed by atoms with Gasteiger partial charge in [-0.1, -0.05) is 17.7 Å². The molecule has 0 amide bonds. The number of halogens is 1. The molecule has 0 saturated heterocycles. The smallest absolute Gasteiger partial charge is 0.550 e. The maximum absolute atomic E-state index is 10.7. The molecule has 0 atom stereocenters. The van der Waals surface area contributed by atoms with Crippen LogP contribution >= 0.6 is 22.9 Å². The zero-order valence-corrected chi connectivity index (χ0v) is 22.1. The minimum Gasteiger partial charge on any atom is -0.550 e. The number of benzene rings is 1. The fourth-order valence-electron chi connectivity index (χ4n) is 4.00. The van der Waals surface area contributed by atoms with Crippen LogP contribution in [0.5, 0.6) is 5.75 Å². The number of nitrogens with one attached hydrogen (secondary N) is 1. The van der Waals surface area contributed by atoms with Gasteiger partial charge in [-0.15, -0.1) is 11.3 Å². The normalized spacial score (nSPS) is 12.8. The molecule has 3 aromatic rings. The number of aromatic nitrogens is 2. The number of methoxy groups -OCH3 is 1. The number of aryl methyl sites for hydroxylation is 3. The summed E-state index contributed by atoms with van der Waals surface area (Å²) >= 11 is 8.05. The van der Waals surface area contributed by atoms with Crippen molar-refractivity contribution in [2.75, 3.05) is 12.4 Å². The van der Waals surface area contributed by atoms with Crippen LogP contribution in [0.1, 0.15) is 53.9 Å². The van der Waals surface area contributed by atoms with Crippen molar-refractivity contribution in [3.05, 3.63) is 45.1 Å². The molecular formula is C23H25ClN3NaO3S. The van der Waals surface area contributed by atoms with Crippen LogP contribution in [0.4, 0.5) is 5.82 Å². The number of hydrogen-bond donors (Lipinski definition) is 1. The summed E-state index contributed by atoms with van der Waals surface area (Å²) in [6.45, 7) is 0.588. The van der Waals surface area contributed by atoms with Gasteiger partial charge in [0.25, 0.3) is 0 Å². The van der Waals surface area contributed by atoms with Gasteiger partial charge in [0.05, 0.1) is 17.5 Å². The Morgan fingerprint density at radius 1 is 1.25 bits per heavy atom. The number of anilines is 1. The van der Waals surface area contributed by atoms with Gasteiger partial charge in [-0.2, -0.15) is 0 Å². The Balaban J connectivity index is 0.00000289. The maximum Gasteiger partial charge on any atom is 1.00 e. The zero-order chi connectivity index (χ0) is 21.8. The number of unbranched alkanes of at least 4 members (excludes halogenated alkanes) is 1. The Kier molecular flexibility index (Phi) is 9.20. The van der Waals surface area contributed by atoms with Crippen molar-refractivity contribution < 1.29 is 44.2 Å². The molecule has 6 nitrogen and oxygen atoms in total. The van der Waals surface area contributed by atoms with Crippen molar-refractivity contribution in [3.63, 3.8) is 0 Å². The molecular weight excluding hydrogens is 457 g/mol. The SMILES string of the molecule is COc1ccc(CNc2nc(CCCCC(=O)[O-])nc3sc4c(c23)CCCC4)cc1Cl.[Na+]. The number of nitrogens with zero attached hydrogens (tertiary/aromatic N) is 2. The summed E-state index contributed by atoms with van der Waals surface area (Å²) in [6.07, 6.45) is 6.58. The van der Waals surface area contributed by atoms with Gasteiger partial charge >= 0.3 is 29.6 Å². The van der Waals surface area contributed by atoms with Gasteiger partial charge in [-0.3, -0.25) is 0 Å². The number of carbonyl (C=O) groups is 1. The van der Waals surface area contributed by atoms with Crippen molar-refractivity contribution in [1.82, 2.24) is 9.97 Å². The summed E-state index contributed by atoms with van der Waals surface area (Å²) in [4.78, 5) is 22.8. The second-order valence-electron chi connectivity index (χ2n) is 7.78. The van der Waals surface area contributed by atoms with E-state index in [0.717, 1.165) is 46.7 Å². The van der Waals surface area contributed by atoms with Crippen molar-refractivity contribution in [1.29, 1.82) is 0 Å². The number of ether oxygens (including phenoxy) is 1. The van der Waals surface area contributed by atoms with E-state index in [9.17, 15) is 9.90 Å². The summed E-state index contributed by atoms with van der Waals surface area (Å²) in [7, 11) is 1.60. The average molecular weight is 482 g/mol. The number of hydrogen-bond acceptors (Lipinski definition) is 7. The van der Waals surface area contributed by atoms with Crippen molar-refractivity contribution in [2.24, 2.45) is 0 Å². The molecule has 4 rings (SSSR count). The minimum absolute atomic E-state index is 0. The zero-order valence-electron chi connectivity index (χ0n) is 18.5. The Morgan fingerprint density at radius 3 is 2.81 bits per heavy atom. The molecule has 164 valence electrons. The third-order valence-electron chi connectivity index (χ3n) is 5.57. The van der Waals surface area contributed by atoms with Crippen LogP contribution in [-0.4, -0.2) is 23.0 Å². The second-order valence-corrected chi connectivity index (χ2v) is 9.27. The maximum atomic E-state index is 10.7. The molecule has 2 aromatic heterocycles. The van der Waals surface area contributed by atoms with Crippen LogP contribution in [0.15, 0.2) is 18.2 Å². The number of rotatable bonds is 9. The number of fused-ring (bicyclic) bond motifs is 3. The van der Waals surface area contributed by atoms with Crippen molar-refractivity contribution in [2.45, 2.75) is 57.9 Å². The quantitative estimate of drug-likeness (QED) is 0.366. The summed E-state index contributed by atoms with van der Waals surface area (Å²) < 4.78 is 5.24. The first-order valence-corrected chi connectivity index (χ1v) is 11.8. The molecule has 32 heavy (non-hydrogen) atoms. The monoisotopic (exact) mass is 481 g/mol. The molecule has 0 saturated carbocycles. The van der Waals surface area contributed by atoms with Gasteiger partial charge < -0.3 is 20.0 Å².